The Bertz CT molecular complexity index is 1120. The van der Waals surface area contributed by atoms with E-state index < -0.39 is 0 Å². The van der Waals surface area contributed by atoms with Gasteiger partial charge in [0.2, 0.25) is 0 Å². The summed E-state index contributed by atoms with van der Waals surface area (Å²) in [6, 6.07) is 18.1. The molecule has 5 rings (SSSR count). The Morgan fingerprint density at radius 2 is 1.84 bits per heavy atom. The highest BCUT2D eigenvalue weighted by molar-refractivity contribution is 7.99. The molecule has 0 saturated heterocycles. The molecule has 3 aromatic rings. The van der Waals surface area contributed by atoms with Crippen molar-refractivity contribution < 1.29 is 19.7 Å². The first-order valence-electron chi connectivity index (χ1n) is 10.9. The van der Waals surface area contributed by atoms with Crippen molar-refractivity contribution in [2.45, 2.75) is 30.3 Å². The predicted molar refractivity (Wildman–Crippen MR) is 126 cm³/mol. The molecule has 3 aromatic carbocycles. The van der Waals surface area contributed by atoms with Gasteiger partial charge >= 0.3 is 0 Å². The number of phenols is 2. The Morgan fingerprint density at radius 3 is 2.66 bits per heavy atom. The van der Waals surface area contributed by atoms with E-state index in [-0.39, 0.29) is 17.5 Å². The van der Waals surface area contributed by atoms with Crippen LogP contribution in [0.4, 0.5) is 0 Å². The molecule has 5 nitrogen and oxygen atoms in total. The summed E-state index contributed by atoms with van der Waals surface area (Å²) in [5, 5.41) is 20.0. The molecule has 0 saturated carbocycles. The average Bonchev–Trinajstić information content (AvgIpc) is 2.82. The second kappa shape index (κ2) is 8.96. The van der Waals surface area contributed by atoms with E-state index in [0.29, 0.717) is 6.61 Å². The van der Waals surface area contributed by atoms with E-state index in [4.69, 9.17) is 9.47 Å². The number of benzene rings is 3. The molecule has 6 heteroatoms. The second-order valence-electron chi connectivity index (χ2n) is 8.22. The first-order valence-corrected chi connectivity index (χ1v) is 11.9. The molecule has 0 spiro atoms. The van der Waals surface area contributed by atoms with E-state index >= 15 is 0 Å². The van der Waals surface area contributed by atoms with Gasteiger partial charge in [0.05, 0.1) is 13.7 Å². The summed E-state index contributed by atoms with van der Waals surface area (Å²) in [7, 11) is 1.69. The highest BCUT2D eigenvalue weighted by Gasteiger charge is 2.34. The van der Waals surface area contributed by atoms with E-state index in [1.165, 1.54) is 16.0 Å². The Balaban J connectivity index is 1.37. The molecule has 0 radical (unpaired) electrons. The molecule has 0 fully saturated rings. The smallest absolute Gasteiger partial charge is 0.165 e. The minimum atomic E-state index is -0.0499. The van der Waals surface area contributed by atoms with Crippen LogP contribution in [0, 0.1) is 0 Å². The normalized spacial score (nSPS) is 17.2. The number of phenolic OH excluding ortho intramolecular Hbond substituents is 2. The molecule has 2 aliphatic rings. The van der Waals surface area contributed by atoms with Gasteiger partial charge in [-0.25, -0.2) is 0 Å². The lowest BCUT2D eigenvalue weighted by Crippen LogP contribution is -2.39. The lowest BCUT2D eigenvalue weighted by molar-refractivity contribution is 0.156. The number of fused-ring (bicyclic) bond motifs is 4. The highest BCUT2D eigenvalue weighted by Crippen LogP contribution is 2.45. The molecule has 2 N–H and O–H groups in total. The van der Waals surface area contributed by atoms with Crippen LogP contribution >= 0.6 is 11.8 Å². The third-order valence-electron chi connectivity index (χ3n) is 6.36. The van der Waals surface area contributed by atoms with Gasteiger partial charge in [-0.15, -0.1) is 11.8 Å². The zero-order chi connectivity index (χ0) is 22.1. The largest absolute Gasteiger partial charge is 0.504 e. The lowest BCUT2D eigenvalue weighted by Gasteiger charge is -2.42. The number of aromatic hydroxyl groups is 2. The van der Waals surface area contributed by atoms with Crippen LogP contribution in [-0.4, -0.2) is 41.1 Å². The van der Waals surface area contributed by atoms with Crippen LogP contribution in [-0.2, 0) is 19.4 Å². The highest BCUT2D eigenvalue weighted by atomic mass is 32.2. The number of hydrogen-bond donors (Lipinski definition) is 2. The first kappa shape index (κ1) is 21.0. The van der Waals surface area contributed by atoms with Gasteiger partial charge < -0.3 is 19.7 Å². The van der Waals surface area contributed by atoms with Crippen molar-refractivity contribution >= 4 is 11.8 Å². The van der Waals surface area contributed by atoms with Crippen molar-refractivity contribution in [3.63, 3.8) is 0 Å². The topological polar surface area (TPSA) is 62.2 Å². The Labute approximate surface area is 192 Å². The van der Waals surface area contributed by atoms with Crippen LogP contribution in [0.5, 0.6) is 23.0 Å². The maximum absolute atomic E-state index is 10.1. The maximum atomic E-state index is 10.1. The summed E-state index contributed by atoms with van der Waals surface area (Å²) in [6.07, 6.45) is 1.69. The molecule has 0 amide bonds. The van der Waals surface area contributed by atoms with Crippen molar-refractivity contribution in [1.82, 2.24) is 4.90 Å². The fourth-order valence-corrected chi connectivity index (χ4v) is 5.52. The van der Waals surface area contributed by atoms with Crippen LogP contribution in [0.25, 0.3) is 0 Å². The van der Waals surface area contributed by atoms with Crippen LogP contribution in [0.2, 0.25) is 0 Å². The average molecular weight is 450 g/mol. The quantitative estimate of drug-likeness (QED) is 0.316. The number of rotatable bonds is 6. The third-order valence-corrected chi connectivity index (χ3v) is 7.34. The molecule has 2 aliphatic heterocycles. The van der Waals surface area contributed by atoms with E-state index in [9.17, 15) is 10.2 Å². The minimum Gasteiger partial charge on any atom is -0.504 e. The standard InChI is InChI=1S/C26H27NO4S/c1-30-25-8-7-17-13-22-20-15-24(29)23(28)14-18(20)9-10-27(22)16-21(17)26(25)31-11-12-32-19-5-3-2-4-6-19/h2-8,14-15,22,28-29H,9-13,16H2,1H3. The van der Waals surface area contributed by atoms with Crippen LogP contribution in [0.15, 0.2) is 59.5 Å². The molecular weight excluding hydrogens is 422 g/mol. The van der Waals surface area contributed by atoms with Crippen LogP contribution in [0.1, 0.15) is 28.3 Å². The predicted octanol–water partition coefficient (Wildman–Crippen LogP) is 4.93. The van der Waals surface area contributed by atoms with Crippen molar-refractivity contribution in [1.29, 1.82) is 0 Å². The molecule has 0 bridgehead atoms. The fraction of sp³-hybridized carbons (Fsp3) is 0.308. The van der Waals surface area contributed by atoms with Gasteiger partial charge in [-0.3, -0.25) is 4.90 Å². The lowest BCUT2D eigenvalue weighted by atomic mass is 9.83. The number of hydrogen-bond acceptors (Lipinski definition) is 6. The van der Waals surface area contributed by atoms with Crippen molar-refractivity contribution in [3.8, 4) is 23.0 Å². The number of ether oxygens (including phenoxy) is 2. The third kappa shape index (κ3) is 4.00. The molecule has 0 aliphatic carbocycles. The Morgan fingerprint density at radius 1 is 1.03 bits per heavy atom. The van der Waals surface area contributed by atoms with Gasteiger partial charge in [-0.1, -0.05) is 24.3 Å². The fourth-order valence-electron chi connectivity index (χ4n) is 4.77. The monoisotopic (exact) mass is 449 g/mol. The number of methoxy groups -OCH3 is 1. The molecule has 2 heterocycles. The van der Waals surface area contributed by atoms with Gasteiger partial charge in [0.1, 0.15) is 0 Å². The number of nitrogens with zero attached hydrogens (tertiary/aromatic N) is 1. The van der Waals surface area contributed by atoms with Gasteiger partial charge in [-0.2, -0.15) is 0 Å². The summed E-state index contributed by atoms with van der Waals surface area (Å²) < 4.78 is 11.9. The zero-order valence-corrected chi connectivity index (χ0v) is 18.9. The van der Waals surface area contributed by atoms with Crippen molar-refractivity contribution in [2.24, 2.45) is 0 Å². The molecule has 1 unspecified atom stereocenters. The van der Waals surface area contributed by atoms with E-state index in [1.54, 1.807) is 31.0 Å². The molecule has 166 valence electrons. The van der Waals surface area contributed by atoms with Crippen LogP contribution < -0.4 is 9.47 Å². The summed E-state index contributed by atoms with van der Waals surface area (Å²) >= 11 is 1.78. The van der Waals surface area contributed by atoms with Crippen molar-refractivity contribution in [3.05, 3.63) is 76.9 Å². The summed E-state index contributed by atoms with van der Waals surface area (Å²) in [5.41, 5.74) is 4.66. The molecular formula is C26H27NO4S. The van der Waals surface area contributed by atoms with E-state index in [0.717, 1.165) is 54.3 Å². The van der Waals surface area contributed by atoms with Crippen LogP contribution in [0.3, 0.4) is 0 Å². The molecule has 32 heavy (non-hydrogen) atoms. The first-order chi connectivity index (χ1) is 15.6. The van der Waals surface area contributed by atoms with Gasteiger partial charge in [0.25, 0.3) is 0 Å². The molecule has 1 atom stereocenters. The summed E-state index contributed by atoms with van der Waals surface area (Å²) in [4.78, 5) is 3.67. The van der Waals surface area contributed by atoms with Gasteiger partial charge in [-0.05, 0) is 59.9 Å². The van der Waals surface area contributed by atoms with Crippen molar-refractivity contribution in [2.75, 3.05) is 26.0 Å². The summed E-state index contributed by atoms with van der Waals surface area (Å²) in [5.74, 6) is 2.39. The Hall–Kier alpha value is -2.83. The minimum absolute atomic E-state index is 0.0396. The van der Waals surface area contributed by atoms with Gasteiger partial charge in [0, 0.05) is 35.3 Å². The Kier molecular flexibility index (Phi) is 5.89. The SMILES string of the molecule is COc1ccc2c(c1OCCSc1ccccc1)CN1CCc3cc(O)c(O)cc3C1C2. The zero-order valence-electron chi connectivity index (χ0n) is 18.1. The molecule has 0 aromatic heterocycles. The number of thioether (sulfide) groups is 1. The van der Waals surface area contributed by atoms with E-state index in [2.05, 4.69) is 23.1 Å². The maximum Gasteiger partial charge on any atom is 0.165 e. The van der Waals surface area contributed by atoms with E-state index in [1.807, 2.05) is 24.3 Å². The summed E-state index contributed by atoms with van der Waals surface area (Å²) in [6.45, 7) is 2.28. The van der Waals surface area contributed by atoms with Gasteiger partial charge in [0.15, 0.2) is 23.0 Å². The second-order valence-corrected chi connectivity index (χ2v) is 9.39.